The van der Waals surface area contributed by atoms with Crippen molar-refractivity contribution >= 4 is 20.2 Å². The van der Waals surface area contributed by atoms with Crippen molar-refractivity contribution < 1.29 is 86.4 Å². The first kappa shape index (κ1) is 32.2. The van der Waals surface area contributed by atoms with Gasteiger partial charge in [-0.05, 0) is 24.6 Å². The van der Waals surface area contributed by atoms with E-state index in [0.717, 1.165) is 5.57 Å². The van der Waals surface area contributed by atoms with E-state index in [4.69, 9.17) is 25.9 Å². The molecule has 0 aromatic carbocycles. The monoisotopic (exact) mass is 513 g/mol. The maximum Gasteiger partial charge on any atom is 1.00 e. The summed E-state index contributed by atoms with van der Waals surface area (Å²) in [5, 5.41) is 0. The van der Waals surface area contributed by atoms with Crippen LogP contribution in [-0.4, -0.2) is 37.0 Å². The van der Waals surface area contributed by atoms with Gasteiger partial charge in [0.05, 0.1) is 0 Å². The van der Waals surface area contributed by atoms with E-state index >= 15 is 0 Å². The zero-order valence-corrected chi connectivity index (χ0v) is 14.8. The molecule has 0 aromatic heterocycles. The maximum absolute atomic E-state index is 10.7. The molecule has 0 saturated carbocycles. The fraction of sp³-hybridized carbons (Fsp3) is 0.333. The number of rotatable bonds is 0. The van der Waals surface area contributed by atoms with Gasteiger partial charge in [0.1, 0.15) is 0 Å². The van der Waals surface area contributed by atoms with Crippen LogP contribution in [0.3, 0.4) is 0 Å². The zero-order chi connectivity index (χ0) is 19.1. The summed E-state index contributed by atoms with van der Waals surface area (Å²) >= 11 is 0. The summed E-state index contributed by atoms with van der Waals surface area (Å²) in [6.45, 7) is 1.98. The number of hydrogen-bond acceptors (Lipinski definition) is 6. The molecular weight excluding hydrogens is 509 g/mol. The average molecular weight is 514 g/mol. The molecule has 0 N–H and O–H groups in total. The van der Waals surface area contributed by atoms with Crippen molar-refractivity contribution in [2.24, 2.45) is 0 Å². The first-order chi connectivity index (χ1) is 9.89. The number of alkyl halides is 6. The molecule has 1 aliphatic carbocycles. The van der Waals surface area contributed by atoms with Crippen LogP contribution >= 0.6 is 0 Å². The molecule has 0 saturated heterocycles. The molecule has 1 rings (SSSR count). The minimum atomic E-state index is -6.09. The van der Waals surface area contributed by atoms with Crippen molar-refractivity contribution in [3.8, 4) is 0 Å². The van der Waals surface area contributed by atoms with Crippen molar-refractivity contribution in [2.45, 2.75) is 17.9 Å². The van der Waals surface area contributed by atoms with Gasteiger partial charge < -0.3 is 9.11 Å². The van der Waals surface area contributed by atoms with Gasteiger partial charge in [0.25, 0.3) is 0 Å². The fourth-order valence-electron chi connectivity index (χ4n) is 0.385. The molecule has 1 radical (unpaired) electrons. The van der Waals surface area contributed by atoms with Crippen LogP contribution in [0, 0.1) is 6.08 Å². The Balaban J connectivity index is -0.000000127. The standard InChI is InChI=1S/C7H5.2CHF3O3S.2Cu/c1-7-5-3-2-4-6-7;2*2-1(3,4)8(5,6)7;;/h3,5H,1H3;2*(H,5,6,7);;/q;;;2*+1/p-2. The van der Waals surface area contributed by atoms with Crippen molar-refractivity contribution in [1.82, 2.24) is 0 Å². The maximum atomic E-state index is 10.7. The van der Waals surface area contributed by atoms with E-state index in [1.807, 2.05) is 19.1 Å². The van der Waals surface area contributed by atoms with Crippen molar-refractivity contribution in [2.75, 3.05) is 0 Å². The number of allylic oxidation sites excluding steroid dienone is 4. The molecule has 153 valence electrons. The molecule has 0 spiro atoms. The Labute approximate surface area is 159 Å². The predicted molar refractivity (Wildman–Crippen MR) is 60.1 cm³/mol. The molecule has 0 unspecified atom stereocenters. The molecule has 0 fully saturated rings. The quantitative estimate of drug-likeness (QED) is 0.160. The molecular formula is C9H5Cu2F6O6S2. The molecule has 16 heteroatoms. The van der Waals surface area contributed by atoms with Crippen LogP contribution in [0.25, 0.3) is 0 Å². The Morgan fingerprint density at radius 1 is 0.880 bits per heavy atom. The van der Waals surface area contributed by atoms with E-state index in [1.165, 1.54) is 0 Å². The summed E-state index contributed by atoms with van der Waals surface area (Å²) in [5.41, 5.74) is -4.72. The topological polar surface area (TPSA) is 114 Å². The van der Waals surface area contributed by atoms with Crippen LogP contribution in [0.4, 0.5) is 26.3 Å². The van der Waals surface area contributed by atoms with Crippen LogP contribution in [0.15, 0.2) is 29.2 Å². The minimum absolute atomic E-state index is 0. The Morgan fingerprint density at radius 3 is 1.24 bits per heavy atom. The summed E-state index contributed by atoms with van der Waals surface area (Å²) in [7, 11) is -12.2. The summed E-state index contributed by atoms with van der Waals surface area (Å²) < 4.78 is 118. The van der Waals surface area contributed by atoms with Gasteiger partial charge in [-0.25, -0.2) is 16.8 Å². The van der Waals surface area contributed by atoms with Crippen LogP contribution in [0.1, 0.15) is 6.92 Å². The van der Waals surface area contributed by atoms with Gasteiger partial charge in [-0.2, -0.15) is 26.3 Å². The largest absolute Gasteiger partial charge is 1.00 e. The normalized spacial score (nSPS) is 13.1. The fourth-order valence-corrected chi connectivity index (χ4v) is 0.385. The van der Waals surface area contributed by atoms with E-state index < -0.39 is 31.3 Å². The third-order valence-electron chi connectivity index (χ3n) is 1.32. The molecule has 0 bridgehead atoms. The Hall–Kier alpha value is -0.521. The minimum Gasteiger partial charge on any atom is -0.741 e. The third kappa shape index (κ3) is 16.7. The smallest absolute Gasteiger partial charge is 0.741 e. The van der Waals surface area contributed by atoms with Gasteiger partial charge in [0, 0.05) is 6.08 Å². The van der Waals surface area contributed by atoms with Gasteiger partial charge in [0.15, 0.2) is 20.2 Å². The van der Waals surface area contributed by atoms with E-state index in [0.29, 0.717) is 0 Å². The molecule has 0 aliphatic heterocycles. The molecule has 6 nitrogen and oxygen atoms in total. The first-order valence-electron chi connectivity index (χ1n) is 4.70. The second-order valence-electron chi connectivity index (χ2n) is 3.21. The van der Waals surface area contributed by atoms with Crippen molar-refractivity contribution in [3.05, 3.63) is 35.3 Å². The third-order valence-corrected chi connectivity index (χ3v) is 2.45. The Morgan fingerprint density at radius 2 is 1.16 bits per heavy atom. The molecule has 25 heavy (non-hydrogen) atoms. The van der Waals surface area contributed by atoms with E-state index in [1.54, 1.807) is 0 Å². The van der Waals surface area contributed by atoms with Crippen LogP contribution in [0.5, 0.6) is 0 Å². The molecule has 1 aliphatic rings. The van der Waals surface area contributed by atoms with Gasteiger partial charge in [-0.1, -0.05) is 11.5 Å². The molecule has 0 aromatic rings. The summed E-state index contributed by atoms with van der Waals surface area (Å²) in [5.74, 6) is 0. The summed E-state index contributed by atoms with van der Waals surface area (Å²) in [4.78, 5) is 0. The Bertz CT molecular complexity index is 696. The number of halogens is 6. The van der Waals surface area contributed by atoms with Crippen LogP contribution < -0.4 is 0 Å². The van der Waals surface area contributed by atoms with E-state index in [2.05, 4.69) is 17.5 Å². The van der Waals surface area contributed by atoms with Gasteiger partial charge in [-0.15, -0.1) is 0 Å². The van der Waals surface area contributed by atoms with Crippen molar-refractivity contribution in [3.63, 3.8) is 0 Å². The van der Waals surface area contributed by atoms with Crippen molar-refractivity contribution in [1.29, 1.82) is 0 Å². The Kier molecular flexibility index (Phi) is 15.4. The summed E-state index contributed by atoms with van der Waals surface area (Å²) in [6, 6.07) is 0. The first-order valence-corrected chi connectivity index (χ1v) is 7.52. The van der Waals surface area contributed by atoms with Gasteiger partial charge in [0.2, 0.25) is 0 Å². The van der Waals surface area contributed by atoms with Crippen LogP contribution in [0.2, 0.25) is 0 Å². The van der Waals surface area contributed by atoms with Crippen LogP contribution in [-0.2, 0) is 54.4 Å². The predicted octanol–water partition coefficient (Wildman–Crippen LogP) is 1.71. The molecule has 0 atom stereocenters. The summed E-state index contributed by atoms with van der Waals surface area (Å²) in [6.07, 6.45) is 6.62. The number of hydrogen-bond donors (Lipinski definition) is 0. The van der Waals surface area contributed by atoms with Gasteiger partial charge in [-0.3, -0.25) is 0 Å². The second-order valence-corrected chi connectivity index (χ2v) is 5.95. The second kappa shape index (κ2) is 12.0. The molecule has 0 heterocycles. The van der Waals surface area contributed by atoms with Gasteiger partial charge >= 0.3 is 45.2 Å². The van der Waals surface area contributed by atoms with E-state index in [9.17, 15) is 26.3 Å². The average Bonchev–Trinajstić information content (AvgIpc) is 2.25. The SMILES string of the molecule is CC1=CC=C=C=[C]1.O=S(=O)([O-])C(F)(F)F.O=S(=O)([O-])C(F)(F)F.[Cu+].[Cu+]. The molecule has 0 amide bonds. The van der Waals surface area contributed by atoms with E-state index in [-0.39, 0.29) is 34.1 Å². The zero-order valence-electron chi connectivity index (χ0n) is 11.3.